The van der Waals surface area contributed by atoms with E-state index in [1.54, 1.807) is 13.3 Å². The molecule has 2 aliphatic rings. The highest BCUT2D eigenvalue weighted by molar-refractivity contribution is 5.60. The number of hydrogen-bond donors (Lipinski definition) is 0. The van der Waals surface area contributed by atoms with Crippen molar-refractivity contribution in [3.63, 3.8) is 0 Å². The number of methoxy groups -OCH3 is 1. The van der Waals surface area contributed by atoms with Gasteiger partial charge in [0, 0.05) is 19.9 Å². The van der Waals surface area contributed by atoms with E-state index >= 15 is 0 Å². The van der Waals surface area contributed by atoms with Crippen LogP contribution >= 0.6 is 0 Å². The number of rotatable bonds is 8. The molecule has 2 aromatic rings. The molecular formula is C18H24N4O3. The Morgan fingerprint density at radius 1 is 1.28 bits per heavy atom. The zero-order valence-electron chi connectivity index (χ0n) is 14.6. The molecule has 0 aromatic carbocycles. The summed E-state index contributed by atoms with van der Waals surface area (Å²) >= 11 is 0. The van der Waals surface area contributed by atoms with Gasteiger partial charge >= 0.3 is 0 Å². The van der Waals surface area contributed by atoms with Crippen LogP contribution in [0.3, 0.4) is 0 Å². The highest BCUT2D eigenvalue weighted by Crippen LogP contribution is 2.37. The van der Waals surface area contributed by atoms with Crippen molar-refractivity contribution in [1.29, 1.82) is 0 Å². The second kappa shape index (κ2) is 7.49. The first-order chi connectivity index (χ1) is 12.3. The Hall–Kier alpha value is -1.99. The van der Waals surface area contributed by atoms with Gasteiger partial charge in [-0.2, -0.15) is 4.98 Å². The van der Waals surface area contributed by atoms with Crippen molar-refractivity contribution in [2.75, 3.05) is 33.4 Å². The predicted molar refractivity (Wildman–Crippen MR) is 91.2 cm³/mol. The fraction of sp³-hybridized carbons (Fsp3) is 0.611. The fourth-order valence-corrected chi connectivity index (χ4v) is 3.33. The monoisotopic (exact) mass is 344 g/mol. The van der Waals surface area contributed by atoms with Crippen molar-refractivity contribution < 1.29 is 14.0 Å². The van der Waals surface area contributed by atoms with Gasteiger partial charge in [0.05, 0.1) is 18.2 Å². The van der Waals surface area contributed by atoms with Crippen molar-refractivity contribution >= 4 is 0 Å². The fourth-order valence-electron chi connectivity index (χ4n) is 3.33. The number of aromatic nitrogens is 3. The lowest BCUT2D eigenvalue weighted by atomic mass is 10.2. The number of likely N-dealkylation sites (tertiary alicyclic amines) is 1. The molecule has 0 spiro atoms. The van der Waals surface area contributed by atoms with Gasteiger partial charge in [-0.25, -0.2) is 4.98 Å². The molecule has 25 heavy (non-hydrogen) atoms. The Morgan fingerprint density at radius 2 is 2.20 bits per heavy atom. The molecule has 1 saturated heterocycles. The standard InChI is InChI=1S/C18H24N4O3/c1-23-10-11-24-17-14(4-2-8-19-17)16-20-18(25-21-16)15-5-3-9-22(15)12-13-6-7-13/h2,4,8,13,15H,3,5-7,9-12H2,1H3. The highest BCUT2D eigenvalue weighted by Gasteiger charge is 2.35. The molecule has 134 valence electrons. The van der Waals surface area contributed by atoms with E-state index < -0.39 is 0 Å². The third-order valence-electron chi connectivity index (χ3n) is 4.82. The summed E-state index contributed by atoms with van der Waals surface area (Å²) in [5.74, 6) is 2.61. The van der Waals surface area contributed by atoms with Crippen LogP contribution in [0.5, 0.6) is 5.88 Å². The van der Waals surface area contributed by atoms with Crippen LogP contribution in [0.1, 0.15) is 37.6 Å². The van der Waals surface area contributed by atoms with Crippen LogP contribution in [0.4, 0.5) is 0 Å². The van der Waals surface area contributed by atoms with Crippen molar-refractivity contribution in [2.24, 2.45) is 5.92 Å². The number of ether oxygens (including phenoxy) is 2. The van der Waals surface area contributed by atoms with Gasteiger partial charge in [0.25, 0.3) is 0 Å². The Kier molecular flexibility index (Phi) is 4.94. The van der Waals surface area contributed by atoms with Crippen LogP contribution < -0.4 is 4.74 Å². The SMILES string of the molecule is COCCOc1ncccc1-c1noc(C2CCCN2CC2CC2)n1. The van der Waals surface area contributed by atoms with Crippen molar-refractivity contribution in [3.8, 4) is 17.3 Å². The Balaban J connectivity index is 1.51. The molecule has 1 atom stereocenters. The van der Waals surface area contributed by atoms with Crippen molar-refractivity contribution in [3.05, 3.63) is 24.2 Å². The van der Waals surface area contributed by atoms with Crippen LogP contribution in [-0.2, 0) is 4.74 Å². The average molecular weight is 344 g/mol. The van der Waals surface area contributed by atoms with Crippen LogP contribution in [0.2, 0.25) is 0 Å². The van der Waals surface area contributed by atoms with Gasteiger partial charge in [0.2, 0.25) is 17.6 Å². The van der Waals surface area contributed by atoms with E-state index in [2.05, 4.69) is 20.0 Å². The number of hydrogen-bond acceptors (Lipinski definition) is 7. The van der Waals surface area contributed by atoms with Gasteiger partial charge in [0.15, 0.2) is 0 Å². The first-order valence-electron chi connectivity index (χ1n) is 9.00. The third kappa shape index (κ3) is 3.82. The van der Waals surface area contributed by atoms with E-state index in [1.807, 2.05) is 12.1 Å². The molecule has 0 bridgehead atoms. The Bertz CT molecular complexity index is 701. The summed E-state index contributed by atoms with van der Waals surface area (Å²) in [7, 11) is 1.64. The lowest BCUT2D eigenvalue weighted by Gasteiger charge is -2.20. The van der Waals surface area contributed by atoms with E-state index in [0.29, 0.717) is 30.8 Å². The van der Waals surface area contributed by atoms with Gasteiger partial charge in [-0.1, -0.05) is 5.16 Å². The van der Waals surface area contributed by atoms with Gasteiger partial charge in [-0.3, -0.25) is 4.90 Å². The molecule has 1 aliphatic carbocycles. The molecule has 7 nitrogen and oxygen atoms in total. The third-order valence-corrected chi connectivity index (χ3v) is 4.82. The summed E-state index contributed by atoms with van der Waals surface area (Å²) in [4.78, 5) is 11.4. The minimum Gasteiger partial charge on any atom is -0.475 e. The number of pyridine rings is 1. The molecule has 0 radical (unpaired) electrons. The maximum atomic E-state index is 5.68. The van der Waals surface area contributed by atoms with Gasteiger partial charge < -0.3 is 14.0 Å². The second-order valence-corrected chi connectivity index (χ2v) is 6.75. The smallest absolute Gasteiger partial charge is 0.244 e. The van der Waals surface area contributed by atoms with E-state index in [4.69, 9.17) is 14.0 Å². The first-order valence-corrected chi connectivity index (χ1v) is 9.00. The molecule has 4 rings (SSSR count). The van der Waals surface area contributed by atoms with E-state index in [-0.39, 0.29) is 6.04 Å². The maximum absolute atomic E-state index is 5.68. The molecule has 0 amide bonds. The molecule has 3 heterocycles. The zero-order valence-corrected chi connectivity index (χ0v) is 14.6. The molecule has 2 fully saturated rings. The van der Waals surface area contributed by atoms with Crippen LogP contribution in [-0.4, -0.2) is 53.4 Å². The first kappa shape index (κ1) is 16.5. The lowest BCUT2D eigenvalue weighted by molar-refractivity contribution is 0.144. The largest absolute Gasteiger partial charge is 0.475 e. The van der Waals surface area contributed by atoms with Crippen molar-refractivity contribution in [2.45, 2.75) is 31.7 Å². The molecule has 1 aliphatic heterocycles. The maximum Gasteiger partial charge on any atom is 0.244 e. The minimum absolute atomic E-state index is 0.247. The summed E-state index contributed by atoms with van der Waals surface area (Å²) in [5, 5.41) is 4.19. The topological polar surface area (TPSA) is 73.5 Å². The summed E-state index contributed by atoms with van der Waals surface area (Å²) in [6, 6.07) is 4.00. The average Bonchev–Trinajstić information content (AvgIpc) is 3.12. The van der Waals surface area contributed by atoms with E-state index in [1.165, 1.54) is 19.3 Å². The van der Waals surface area contributed by atoms with Crippen LogP contribution in [0.25, 0.3) is 11.4 Å². The molecular weight excluding hydrogens is 320 g/mol. The van der Waals surface area contributed by atoms with E-state index in [0.717, 1.165) is 31.0 Å². The molecule has 1 unspecified atom stereocenters. The predicted octanol–water partition coefficient (Wildman–Crippen LogP) is 2.70. The molecule has 2 aromatic heterocycles. The normalized spacial score (nSPS) is 20.9. The molecule has 0 N–H and O–H groups in total. The quantitative estimate of drug-likeness (QED) is 0.682. The Labute approximate surface area is 147 Å². The van der Waals surface area contributed by atoms with Gasteiger partial charge in [0.1, 0.15) is 6.61 Å². The van der Waals surface area contributed by atoms with Gasteiger partial charge in [-0.15, -0.1) is 0 Å². The van der Waals surface area contributed by atoms with Crippen molar-refractivity contribution in [1.82, 2.24) is 20.0 Å². The summed E-state index contributed by atoms with van der Waals surface area (Å²) in [6.07, 6.45) is 6.68. The summed E-state index contributed by atoms with van der Waals surface area (Å²) < 4.78 is 16.3. The van der Waals surface area contributed by atoms with Crippen LogP contribution in [0.15, 0.2) is 22.9 Å². The summed E-state index contributed by atoms with van der Waals surface area (Å²) in [6.45, 7) is 3.21. The Morgan fingerprint density at radius 3 is 3.04 bits per heavy atom. The van der Waals surface area contributed by atoms with Crippen LogP contribution in [0, 0.1) is 5.92 Å². The summed E-state index contributed by atoms with van der Waals surface area (Å²) in [5.41, 5.74) is 0.750. The molecule has 1 saturated carbocycles. The zero-order chi connectivity index (χ0) is 17.1. The highest BCUT2D eigenvalue weighted by atomic mass is 16.5. The van der Waals surface area contributed by atoms with Gasteiger partial charge in [-0.05, 0) is 50.3 Å². The molecule has 7 heteroatoms. The minimum atomic E-state index is 0.247. The van der Waals surface area contributed by atoms with E-state index in [9.17, 15) is 0 Å². The lowest BCUT2D eigenvalue weighted by Crippen LogP contribution is -2.25. The second-order valence-electron chi connectivity index (χ2n) is 6.75. The number of nitrogens with zero attached hydrogens (tertiary/aromatic N) is 4.